The van der Waals surface area contributed by atoms with Crippen LogP contribution in [0.25, 0.3) is 0 Å². The molecule has 0 spiro atoms. The summed E-state index contributed by atoms with van der Waals surface area (Å²) >= 11 is 0. The van der Waals surface area contributed by atoms with E-state index in [-0.39, 0.29) is 12.1 Å². The molecule has 0 N–H and O–H groups in total. The van der Waals surface area contributed by atoms with Crippen LogP contribution < -0.4 is 0 Å². The molecule has 1 aromatic heterocycles. The summed E-state index contributed by atoms with van der Waals surface area (Å²) in [6.45, 7) is 1.44. The Bertz CT molecular complexity index is 221. The Balaban J connectivity index is 2.93. The van der Waals surface area contributed by atoms with E-state index < -0.39 is 5.92 Å². The second kappa shape index (κ2) is 2.95. The van der Waals surface area contributed by atoms with Gasteiger partial charge in [-0.15, -0.1) is 0 Å². The standard InChI is InChI=1S/C8H9F2N/c1-2-8(9,10)7-5-3-4-6-11-7/h3-6H,2H2,1H3. The molecule has 0 radical (unpaired) electrons. The van der Waals surface area contributed by atoms with Crippen LogP contribution in [-0.2, 0) is 5.92 Å². The summed E-state index contributed by atoms with van der Waals surface area (Å²) in [6, 6.07) is 4.52. The zero-order chi connectivity index (χ0) is 8.32. The van der Waals surface area contributed by atoms with Crippen LogP contribution in [-0.4, -0.2) is 4.98 Å². The van der Waals surface area contributed by atoms with Crippen LogP contribution in [0.15, 0.2) is 24.4 Å². The van der Waals surface area contributed by atoms with E-state index in [4.69, 9.17) is 0 Å². The van der Waals surface area contributed by atoms with E-state index in [0.29, 0.717) is 0 Å². The normalized spacial score (nSPS) is 11.5. The summed E-state index contributed by atoms with van der Waals surface area (Å²) < 4.78 is 25.6. The first kappa shape index (κ1) is 8.11. The molecule has 1 rings (SSSR count). The van der Waals surface area contributed by atoms with Crippen LogP contribution >= 0.6 is 0 Å². The molecule has 0 bridgehead atoms. The SMILES string of the molecule is CCC(F)(F)c1ccccn1. The first-order valence-electron chi connectivity index (χ1n) is 3.46. The molecule has 1 nitrogen and oxygen atoms in total. The molecule has 0 aromatic carbocycles. The van der Waals surface area contributed by atoms with E-state index in [1.807, 2.05) is 0 Å². The fraction of sp³-hybridized carbons (Fsp3) is 0.375. The smallest absolute Gasteiger partial charge is 0.255 e. The number of pyridine rings is 1. The van der Waals surface area contributed by atoms with Gasteiger partial charge in [0, 0.05) is 12.6 Å². The molecule has 60 valence electrons. The molecule has 0 aliphatic rings. The minimum Gasteiger partial charge on any atom is -0.255 e. The topological polar surface area (TPSA) is 12.9 Å². The van der Waals surface area contributed by atoms with Crippen molar-refractivity contribution >= 4 is 0 Å². The van der Waals surface area contributed by atoms with Crippen molar-refractivity contribution in [3.63, 3.8) is 0 Å². The molecule has 1 heterocycles. The Morgan fingerprint density at radius 3 is 2.64 bits per heavy atom. The van der Waals surface area contributed by atoms with Gasteiger partial charge in [-0.1, -0.05) is 13.0 Å². The molecule has 11 heavy (non-hydrogen) atoms. The highest BCUT2D eigenvalue weighted by molar-refractivity contribution is 5.09. The van der Waals surface area contributed by atoms with Crippen molar-refractivity contribution in [1.82, 2.24) is 4.98 Å². The second-order valence-corrected chi connectivity index (χ2v) is 2.27. The van der Waals surface area contributed by atoms with E-state index in [1.165, 1.54) is 19.2 Å². The number of rotatable bonds is 2. The third kappa shape index (κ3) is 1.73. The number of hydrogen-bond acceptors (Lipinski definition) is 1. The average molecular weight is 157 g/mol. The van der Waals surface area contributed by atoms with Crippen molar-refractivity contribution in [2.75, 3.05) is 0 Å². The van der Waals surface area contributed by atoms with Crippen LogP contribution in [0, 0.1) is 0 Å². The summed E-state index contributed by atoms with van der Waals surface area (Å²) in [6.07, 6.45) is 1.17. The lowest BCUT2D eigenvalue weighted by Gasteiger charge is -2.11. The number of hydrogen-bond donors (Lipinski definition) is 0. The minimum absolute atomic E-state index is 0.150. The Morgan fingerprint density at radius 2 is 2.18 bits per heavy atom. The van der Waals surface area contributed by atoms with Crippen molar-refractivity contribution in [2.45, 2.75) is 19.3 Å². The summed E-state index contributed by atoms with van der Waals surface area (Å²) in [4.78, 5) is 3.57. The molecular weight excluding hydrogens is 148 g/mol. The van der Waals surface area contributed by atoms with Gasteiger partial charge < -0.3 is 0 Å². The fourth-order valence-corrected chi connectivity index (χ4v) is 0.760. The second-order valence-electron chi connectivity index (χ2n) is 2.27. The van der Waals surface area contributed by atoms with Crippen LogP contribution in [0.4, 0.5) is 8.78 Å². The van der Waals surface area contributed by atoms with E-state index >= 15 is 0 Å². The summed E-state index contributed by atoms with van der Waals surface area (Å²) in [5.74, 6) is -2.78. The Labute approximate surface area is 64.1 Å². The van der Waals surface area contributed by atoms with E-state index in [0.717, 1.165) is 0 Å². The van der Waals surface area contributed by atoms with Crippen molar-refractivity contribution in [2.24, 2.45) is 0 Å². The van der Waals surface area contributed by atoms with Gasteiger partial charge in [0.2, 0.25) is 0 Å². The fourth-order valence-electron chi connectivity index (χ4n) is 0.760. The molecule has 0 unspecified atom stereocenters. The van der Waals surface area contributed by atoms with Crippen LogP contribution in [0.3, 0.4) is 0 Å². The molecule has 0 atom stereocenters. The van der Waals surface area contributed by atoms with Crippen molar-refractivity contribution in [3.05, 3.63) is 30.1 Å². The van der Waals surface area contributed by atoms with Gasteiger partial charge in [0.15, 0.2) is 0 Å². The zero-order valence-electron chi connectivity index (χ0n) is 6.22. The molecule has 0 aliphatic carbocycles. The number of nitrogens with zero attached hydrogens (tertiary/aromatic N) is 1. The Morgan fingerprint density at radius 1 is 1.45 bits per heavy atom. The van der Waals surface area contributed by atoms with E-state index in [2.05, 4.69) is 4.98 Å². The van der Waals surface area contributed by atoms with E-state index in [9.17, 15) is 8.78 Å². The lowest BCUT2D eigenvalue weighted by atomic mass is 10.2. The Kier molecular flexibility index (Phi) is 2.17. The zero-order valence-corrected chi connectivity index (χ0v) is 6.22. The van der Waals surface area contributed by atoms with Gasteiger partial charge in [-0.25, -0.2) is 0 Å². The summed E-state index contributed by atoms with van der Waals surface area (Å²) in [7, 11) is 0. The highest BCUT2D eigenvalue weighted by atomic mass is 19.3. The lowest BCUT2D eigenvalue weighted by Crippen LogP contribution is -2.12. The monoisotopic (exact) mass is 157 g/mol. The predicted molar refractivity (Wildman–Crippen MR) is 38.4 cm³/mol. The molecule has 0 fully saturated rings. The van der Waals surface area contributed by atoms with E-state index in [1.54, 1.807) is 12.1 Å². The summed E-state index contributed by atoms with van der Waals surface area (Å²) in [5.41, 5.74) is -0.150. The summed E-state index contributed by atoms with van der Waals surface area (Å²) in [5, 5.41) is 0. The minimum atomic E-state index is -2.78. The molecule has 0 aliphatic heterocycles. The predicted octanol–water partition coefficient (Wildman–Crippen LogP) is 2.58. The molecular formula is C8H9F2N. The van der Waals surface area contributed by atoms with Gasteiger partial charge in [0.1, 0.15) is 5.69 Å². The number of halogens is 2. The maximum Gasteiger partial charge on any atom is 0.289 e. The molecule has 1 aromatic rings. The molecule has 3 heteroatoms. The van der Waals surface area contributed by atoms with Gasteiger partial charge in [0.05, 0.1) is 0 Å². The average Bonchev–Trinajstić information content (AvgIpc) is 2.06. The van der Waals surface area contributed by atoms with Gasteiger partial charge in [-0.2, -0.15) is 8.78 Å². The number of aromatic nitrogens is 1. The Hall–Kier alpha value is -0.990. The van der Waals surface area contributed by atoms with Crippen molar-refractivity contribution in [3.8, 4) is 0 Å². The first-order chi connectivity index (χ1) is 5.17. The maximum absolute atomic E-state index is 12.8. The van der Waals surface area contributed by atoms with Gasteiger partial charge in [-0.05, 0) is 12.1 Å². The maximum atomic E-state index is 12.8. The van der Waals surface area contributed by atoms with Gasteiger partial charge in [-0.3, -0.25) is 4.98 Å². The van der Waals surface area contributed by atoms with Crippen LogP contribution in [0.1, 0.15) is 19.0 Å². The molecule has 0 amide bonds. The van der Waals surface area contributed by atoms with Crippen molar-refractivity contribution < 1.29 is 8.78 Å². The third-order valence-electron chi connectivity index (χ3n) is 1.48. The molecule has 0 saturated carbocycles. The highest BCUT2D eigenvalue weighted by Gasteiger charge is 2.29. The van der Waals surface area contributed by atoms with Crippen molar-refractivity contribution in [1.29, 1.82) is 0 Å². The highest BCUT2D eigenvalue weighted by Crippen LogP contribution is 2.28. The lowest BCUT2D eigenvalue weighted by molar-refractivity contribution is -0.0128. The van der Waals surface area contributed by atoms with Gasteiger partial charge in [0.25, 0.3) is 5.92 Å². The van der Waals surface area contributed by atoms with Crippen LogP contribution in [0.5, 0.6) is 0 Å². The third-order valence-corrected chi connectivity index (χ3v) is 1.48. The first-order valence-corrected chi connectivity index (χ1v) is 3.46. The van der Waals surface area contributed by atoms with Gasteiger partial charge >= 0.3 is 0 Å². The largest absolute Gasteiger partial charge is 0.289 e. The molecule has 0 saturated heterocycles. The van der Waals surface area contributed by atoms with Crippen LogP contribution in [0.2, 0.25) is 0 Å². The number of alkyl halides is 2. The quantitative estimate of drug-likeness (QED) is 0.643.